The van der Waals surface area contributed by atoms with Gasteiger partial charge in [-0.2, -0.15) is 0 Å². The molecule has 20 heavy (non-hydrogen) atoms. The van der Waals surface area contributed by atoms with E-state index in [1.54, 1.807) is 13.2 Å². The quantitative estimate of drug-likeness (QED) is 0.902. The predicted molar refractivity (Wildman–Crippen MR) is 77.9 cm³/mol. The van der Waals surface area contributed by atoms with Crippen molar-refractivity contribution in [3.8, 4) is 17.4 Å². The van der Waals surface area contributed by atoms with E-state index < -0.39 is 0 Å². The highest BCUT2D eigenvalue weighted by molar-refractivity contribution is 5.54. The number of aromatic nitrogens is 4. The number of nitrogens with zero attached hydrogens (tertiary/aromatic N) is 4. The van der Waals surface area contributed by atoms with E-state index in [0.29, 0.717) is 23.3 Å². The van der Waals surface area contributed by atoms with Crippen LogP contribution in [0.1, 0.15) is 32.4 Å². The van der Waals surface area contributed by atoms with Crippen LogP contribution in [0, 0.1) is 0 Å². The number of methoxy groups -OCH3 is 1. The summed E-state index contributed by atoms with van der Waals surface area (Å²) < 4.78 is 5.11. The van der Waals surface area contributed by atoms with E-state index >= 15 is 0 Å². The van der Waals surface area contributed by atoms with E-state index in [2.05, 4.69) is 39.1 Å². The van der Waals surface area contributed by atoms with Crippen molar-refractivity contribution >= 4 is 5.82 Å². The molecule has 1 N–H and O–H groups in total. The van der Waals surface area contributed by atoms with Gasteiger partial charge in [-0.25, -0.2) is 19.9 Å². The normalized spacial score (nSPS) is 10.7. The molecule has 106 valence electrons. The highest BCUT2D eigenvalue weighted by Crippen LogP contribution is 2.22. The molecule has 0 aromatic carbocycles. The molecule has 0 bridgehead atoms. The minimum Gasteiger partial charge on any atom is -0.481 e. The molecule has 0 aliphatic carbocycles. The van der Waals surface area contributed by atoms with Crippen molar-refractivity contribution in [2.45, 2.75) is 26.7 Å². The van der Waals surface area contributed by atoms with Crippen LogP contribution in [-0.4, -0.2) is 33.6 Å². The fourth-order valence-corrected chi connectivity index (χ4v) is 1.72. The third-order valence-corrected chi connectivity index (χ3v) is 2.78. The molecule has 6 nitrogen and oxygen atoms in total. The Morgan fingerprint density at radius 3 is 2.65 bits per heavy atom. The number of hydrogen-bond acceptors (Lipinski definition) is 6. The molecule has 0 aliphatic heterocycles. The van der Waals surface area contributed by atoms with Crippen molar-refractivity contribution in [3.63, 3.8) is 0 Å². The first-order chi connectivity index (χ1) is 9.63. The lowest BCUT2D eigenvalue weighted by Gasteiger charge is -2.11. The van der Waals surface area contributed by atoms with Gasteiger partial charge in [0.05, 0.1) is 7.11 Å². The highest BCUT2D eigenvalue weighted by Gasteiger charge is 2.11. The monoisotopic (exact) mass is 273 g/mol. The van der Waals surface area contributed by atoms with E-state index in [0.717, 1.165) is 18.1 Å². The van der Waals surface area contributed by atoms with Gasteiger partial charge in [0.15, 0.2) is 5.82 Å². The Morgan fingerprint density at radius 2 is 2.00 bits per heavy atom. The number of nitrogens with one attached hydrogen (secondary N) is 1. The fourth-order valence-electron chi connectivity index (χ4n) is 1.72. The third-order valence-electron chi connectivity index (χ3n) is 2.78. The molecule has 6 heteroatoms. The van der Waals surface area contributed by atoms with Crippen LogP contribution >= 0.6 is 0 Å². The van der Waals surface area contributed by atoms with Gasteiger partial charge < -0.3 is 10.1 Å². The van der Waals surface area contributed by atoms with Crippen LogP contribution in [0.15, 0.2) is 18.5 Å². The summed E-state index contributed by atoms with van der Waals surface area (Å²) in [5.74, 6) is 2.20. The first-order valence-electron chi connectivity index (χ1n) is 6.63. The van der Waals surface area contributed by atoms with E-state index in [-0.39, 0.29) is 0 Å². The van der Waals surface area contributed by atoms with Crippen molar-refractivity contribution in [3.05, 3.63) is 24.2 Å². The summed E-state index contributed by atoms with van der Waals surface area (Å²) in [6.07, 6.45) is 1.45. The van der Waals surface area contributed by atoms with Gasteiger partial charge in [0.2, 0.25) is 5.88 Å². The number of anilines is 1. The lowest BCUT2D eigenvalue weighted by molar-refractivity contribution is 0.397. The van der Waals surface area contributed by atoms with Crippen LogP contribution < -0.4 is 10.1 Å². The Bertz CT molecular complexity index is 586. The second kappa shape index (κ2) is 6.27. The van der Waals surface area contributed by atoms with Crippen molar-refractivity contribution < 1.29 is 4.74 Å². The molecule has 0 saturated carbocycles. The lowest BCUT2D eigenvalue weighted by Crippen LogP contribution is -2.05. The standard InChI is InChI=1S/C14H19N5O/c1-5-15-12-6-10(9(2)3)18-14(19-12)11-7-13(20-4)17-8-16-11/h6-9H,5H2,1-4H3,(H,15,18,19). The van der Waals surface area contributed by atoms with Crippen LogP contribution in [0.3, 0.4) is 0 Å². The van der Waals surface area contributed by atoms with Crippen molar-refractivity contribution in [1.82, 2.24) is 19.9 Å². The summed E-state index contributed by atoms with van der Waals surface area (Å²) in [5, 5.41) is 3.22. The van der Waals surface area contributed by atoms with Crippen LogP contribution in [0.4, 0.5) is 5.82 Å². The molecule has 0 aliphatic rings. The Hall–Kier alpha value is -2.24. The van der Waals surface area contributed by atoms with Crippen LogP contribution in [0.25, 0.3) is 11.5 Å². The summed E-state index contributed by atoms with van der Waals surface area (Å²) in [5.41, 5.74) is 1.63. The molecule has 0 unspecified atom stereocenters. The first-order valence-corrected chi connectivity index (χ1v) is 6.63. The summed E-state index contributed by atoms with van der Waals surface area (Å²) >= 11 is 0. The molecule has 2 heterocycles. The van der Waals surface area contributed by atoms with Gasteiger partial charge in [-0.05, 0) is 12.8 Å². The molecule has 0 amide bonds. The molecular formula is C14H19N5O. The molecular weight excluding hydrogens is 254 g/mol. The largest absolute Gasteiger partial charge is 0.481 e. The van der Waals surface area contributed by atoms with Crippen LogP contribution in [0.2, 0.25) is 0 Å². The van der Waals surface area contributed by atoms with Crippen LogP contribution in [-0.2, 0) is 0 Å². The zero-order chi connectivity index (χ0) is 14.5. The maximum absolute atomic E-state index is 5.11. The molecule has 0 fully saturated rings. The lowest BCUT2D eigenvalue weighted by atomic mass is 10.1. The minimum atomic E-state index is 0.317. The number of rotatable bonds is 5. The smallest absolute Gasteiger partial charge is 0.216 e. The van der Waals surface area contributed by atoms with E-state index in [1.165, 1.54) is 6.33 Å². The van der Waals surface area contributed by atoms with E-state index in [9.17, 15) is 0 Å². The zero-order valence-corrected chi connectivity index (χ0v) is 12.2. The van der Waals surface area contributed by atoms with Gasteiger partial charge in [0.25, 0.3) is 0 Å². The summed E-state index contributed by atoms with van der Waals surface area (Å²) in [4.78, 5) is 17.3. The third kappa shape index (κ3) is 3.20. The highest BCUT2D eigenvalue weighted by atomic mass is 16.5. The van der Waals surface area contributed by atoms with Gasteiger partial charge in [-0.15, -0.1) is 0 Å². The Kier molecular flexibility index (Phi) is 4.45. The van der Waals surface area contributed by atoms with Gasteiger partial charge in [-0.1, -0.05) is 13.8 Å². The average molecular weight is 273 g/mol. The Labute approximate surface area is 118 Å². The molecule has 0 saturated heterocycles. The number of ether oxygens (including phenoxy) is 1. The fraction of sp³-hybridized carbons (Fsp3) is 0.429. The Morgan fingerprint density at radius 1 is 1.20 bits per heavy atom. The zero-order valence-electron chi connectivity index (χ0n) is 12.2. The maximum atomic E-state index is 5.11. The second-order valence-electron chi connectivity index (χ2n) is 4.63. The van der Waals surface area contributed by atoms with Crippen LogP contribution in [0.5, 0.6) is 5.88 Å². The average Bonchev–Trinajstić information content (AvgIpc) is 2.47. The molecule has 0 radical (unpaired) electrons. The van der Waals surface area contributed by atoms with Crippen molar-refractivity contribution in [1.29, 1.82) is 0 Å². The summed E-state index contributed by atoms with van der Waals surface area (Å²) in [7, 11) is 1.57. The summed E-state index contributed by atoms with van der Waals surface area (Å²) in [6, 6.07) is 3.70. The molecule has 0 atom stereocenters. The van der Waals surface area contributed by atoms with Crippen molar-refractivity contribution in [2.24, 2.45) is 0 Å². The minimum absolute atomic E-state index is 0.317. The predicted octanol–water partition coefficient (Wildman–Crippen LogP) is 2.50. The second-order valence-corrected chi connectivity index (χ2v) is 4.63. The molecule has 2 aromatic rings. The van der Waals surface area contributed by atoms with Gasteiger partial charge in [-0.3, -0.25) is 0 Å². The van der Waals surface area contributed by atoms with Gasteiger partial charge >= 0.3 is 0 Å². The molecule has 0 spiro atoms. The van der Waals surface area contributed by atoms with Gasteiger partial charge in [0, 0.05) is 24.4 Å². The first kappa shape index (κ1) is 14.2. The van der Waals surface area contributed by atoms with E-state index in [4.69, 9.17) is 4.74 Å². The summed E-state index contributed by atoms with van der Waals surface area (Å²) in [6.45, 7) is 7.04. The number of hydrogen-bond donors (Lipinski definition) is 1. The topological polar surface area (TPSA) is 72.8 Å². The van der Waals surface area contributed by atoms with Gasteiger partial charge in [0.1, 0.15) is 17.8 Å². The molecule has 2 aromatic heterocycles. The SMILES string of the molecule is CCNc1cc(C(C)C)nc(-c2cc(OC)ncn2)n1. The van der Waals surface area contributed by atoms with Crippen molar-refractivity contribution in [2.75, 3.05) is 19.0 Å². The maximum Gasteiger partial charge on any atom is 0.216 e. The Balaban J connectivity index is 2.48. The molecule has 2 rings (SSSR count). The van der Waals surface area contributed by atoms with E-state index in [1.807, 2.05) is 13.0 Å².